The highest BCUT2D eigenvalue weighted by Crippen LogP contribution is 2.34. The van der Waals surface area contributed by atoms with Gasteiger partial charge in [-0.3, -0.25) is 0 Å². The van der Waals surface area contributed by atoms with Crippen LogP contribution in [0.5, 0.6) is 17.4 Å². The summed E-state index contributed by atoms with van der Waals surface area (Å²) in [7, 11) is 0. The molecule has 0 atom stereocenters. The van der Waals surface area contributed by atoms with Crippen LogP contribution < -0.4 is 14.8 Å². The normalized spacial score (nSPS) is 13.6. The molecule has 1 fully saturated rings. The highest BCUT2D eigenvalue weighted by atomic mass is 35.5. The number of hydrogen-bond donors (Lipinski definition) is 1. The van der Waals surface area contributed by atoms with Crippen LogP contribution >= 0.6 is 11.6 Å². The molecule has 5 heteroatoms. The summed E-state index contributed by atoms with van der Waals surface area (Å²) in [5.41, 5.74) is 1.96. The van der Waals surface area contributed by atoms with Crippen LogP contribution in [-0.4, -0.2) is 18.1 Å². The maximum Gasteiger partial charge on any atom is 0.219 e. The Hall–Kier alpha value is -2.46. The zero-order chi connectivity index (χ0) is 17.9. The van der Waals surface area contributed by atoms with Gasteiger partial charge in [0.05, 0.1) is 17.1 Å². The van der Waals surface area contributed by atoms with Crippen LogP contribution in [0.2, 0.25) is 5.02 Å². The Bertz CT molecular complexity index is 925. The van der Waals surface area contributed by atoms with Gasteiger partial charge in [-0.2, -0.15) is 0 Å². The van der Waals surface area contributed by atoms with Crippen LogP contribution in [0.25, 0.3) is 10.9 Å². The number of anilines is 1. The average Bonchev–Trinajstić information content (AvgIpc) is 3.47. The van der Waals surface area contributed by atoms with Crippen molar-refractivity contribution < 1.29 is 9.47 Å². The molecule has 3 aromatic rings. The molecule has 1 aliphatic rings. The first-order valence-electron chi connectivity index (χ1n) is 8.96. The van der Waals surface area contributed by atoms with E-state index in [1.54, 1.807) is 6.07 Å². The van der Waals surface area contributed by atoms with Crippen molar-refractivity contribution in [3.63, 3.8) is 0 Å². The molecule has 0 saturated heterocycles. The summed E-state index contributed by atoms with van der Waals surface area (Å²) in [6.45, 7) is 3.72. The summed E-state index contributed by atoms with van der Waals surface area (Å²) < 4.78 is 11.6. The molecular weight excluding hydrogens is 348 g/mol. The highest BCUT2D eigenvalue weighted by Gasteiger charge is 2.22. The number of pyridine rings is 1. The fourth-order valence-corrected chi connectivity index (χ4v) is 2.95. The van der Waals surface area contributed by atoms with E-state index >= 15 is 0 Å². The third kappa shape index (κ3) is 4.02. The van der Waals surface area contributed by atoms with Crippen molar-refractivity contribution in [1.29, 1.82) is 0 Å². The lowest BCUT2D eigenvalue weighted by Gasteiger charge is -2.10. The average molecular weight is 369 g/mol. The van der Waals surface area contributed by atoms with E-state index in [2.05, 4.69) is 23.3 Å². The molecular formula is C21H21ClN2O2. The van der Waals surface area contributed by atoms with E-state index in [9.17, 15) is 0 Å². The largest absolute Gasteiger partial charge is 0.493 e. The van der Waals surface area contributed by atoms with Crippen LogP contribution in [0.1, 0.15) is 19.8 Å². The van der Waals surface area contributed by atoms with Gasteiger partial charge in [0.2, 0.25) is 5.88 Å². The lowest BCUT2D eigenvalue weighted by Crippen LogP contribution is -1.99. The molecule has 4 nitrogen and oxygen atoms in total. The minimum Gasteiger partial charge on any atom is -0.493 e. The molecule has 1 heterocycles. The van der Waals surface area contributed by atoms with Gasteiger partial charge in [0, 0.05) is 29.8 Å². The number of nitrogens with one attached hydrogen (secondary N) is 1. The van der Waals surface area contributed by atoms with Crippen molar-refractivity contribution >= 4 is 28.2 Å². The van der Waals surface area contributed by atoms with Crippen molar-refractivity contribution in [3.8, 4) is 17.4 Å². The Morgan fingerprint density at radius 1 is 1.12 bits per heavy atom. The number of rotatable bonds is 7. The summed E-state index contributed by atoms with van der Waals surface area (Å²) >= 11 is 6.34. The smallest absolute Gasteiger partial charge is 0.219 e. The van der Waals surface area contributed by atoms with Crippen molar-refractivity contribution in [2.24, 2.45) is 5.92 Å². The molecule has 0 aliphatic heterocycles. The van der Waals surface area contributed by atoms with Gasteiger partial charge in [-0.25, -0.2) is 4.98 Å². The first-order chi connectivity index (χ1) is 12.7. The maximum absolute atomic E-state index is 6.34. The topological polar surface area (TPSA) is 43.4 Å². The van der Waals surface area contributed by atoms with Gasteiger partial charge in [-0.1, -0.05) is 11.6 Å². The second-order valence-electron chi connectivity index (χ2n) is 6.54. The third-order valence-electron chi connectivity index (χ3n) is 4.35. The number of aromatic nitrogens is 1. The summed E-state index contributed by atoms with van der Waals surface area (Å²) in [5.74, 6) is 2.57. The van der Waals surface area contributed by atoms with Crippen LogP contribution in [-0.2, 0) is 0 Å². The van der Waals surface area contributed by atoms with Crippen molar-refractivity contribution in [3.05, 3.63) is 53.6 Å². The number of ether oxygens (including phenoxy) is 2. The molecule has 4 rings (SSSR count). The first kappa shape index (κ1) is 17.0. The van der Waals surface area contributed by atoms with Gasteiger partial charge >= 0.3 is 0 Å². The van der Waals surface area contributed by atoms with E-state index in [1.807, 2.05) is 36.4 Å². The maximum atomic E-state index is 6.34. The molecule has 1 saturated carbocycles. The highest BCUT2D eigenvalue weighted by molar-refractivity contribution is 6.32. The number of nitrogens with zero attached hydrogens (tertiary/aromatic N) is 1. The summed E-state index contributed by atoms with van der Waals surface area (Å²) in [4.78, 5) is 4.56. The van der Waals surface area contributed by atoms with Gasteiger partial charge in [0.1, 0.15) is 11.5 Å². The molecule has 0 unspecified atom stereocenters. The fraction of sp³-hybridized carbons (Fsp3) is 0.286. The Balaban J connectivity index is 1.49. The molecule has 1 aliphatic carbocycles. The third-order valence-corrected chi connectivity index (χ3v) is 4.64. The predicted octanol–water partition coefficient (Wildman–Crippen LogP) is 5.90. The van der Waals surface area contributed by atoms with Gasteiger partial charge in [0.15, 0.2) is 0 Å². The minimum absolute atomic E-state index is 0.516. The van der Waals surface area contributed by atoms with E-state index in [0.717, 1.165) is 35.5 Å². The van der Waals surface area contributed by atoms with Crippen molar-refractivity contribution in [1.82, 2.24) is 4.98 Å². The fourth-order valence-electron chi connectivity index (χ4n) is 2.74. The zero-order valence-electron chi connectivity index (χ0n) is 14.7. The molecule has 0 spiro atoms. The lowest BCUT2D eigenvalue weighted by atomic mass is 10.2. The predicted molar refractivity (Wildman–Crippen MR) is 106 cm³/mol. The van der Waals surface area contributed by atoms with Gasteiger partial charge < -0.3 is 14.8 Å². The molecule has 0 amide bonds. The van der Waals surface area contributed by atoms with Crippen molar-refractivity contribution in [2.45, 2.75) is 19.8 Å². The second kappa shape index (κ2) is 7.42. The van der Waals surface area contributed by atoms with Crippen LogP contribution in [0.15, 0.2) is 48.5 Å². The Labute approximate surface area is 158 Å². The Morgan fingerprint density at radius 3 is 2.77 bits per heavy atom. The van der Waals surface area contributed by atoms with E-state index in [0.29, 0.717) is 22.6 Å². The number of hydrogen-bond acceptors (Lipinski definition) is 4. The first-order valence-corrected chi connectivity index (χ1v) is 9.34. The van der Waals surface area contributed by atoms with E-state index < -0.39 is 0 Å². The van der Waals surface area contributed by atoms with Crippen LogP contribution in [0.3, 0.4) is 0 Å². The number of fused-ring (bicyclic) bond motifs is 1. The lowest BCUT2D eigenvalue weighted by molar-refractivity contribution is 0.299. The quantitative estimate of drug-likeness (QED) is 0.563. The number of halogens is 1. The summed E-state index contributed by atoms with van der Waals surface area (Å²) in [6.07, 6.45) is 2.52. The number of benzene rings is 2. The van der Waals surface area contributed by atoms with E-state index in [4.69, 9.17) is 21.1 Å². The van der Waals surface area contributed by atoms with Gasteiger partial charge in [-0.05, 0) is 62.1 Å². The summed E-state index contributed by atoms with van der Waals surface area (Å²) in [5, 5.41) is 4.88. The Morgan fingerprint density at radius 2 is 2.00 bits per heavy atom. The molecule has 1 aromatic heterocycles. The molecule has 2 aromatic carbocycles. The van der Waals surface area contributed by atoms with Crippen LogP contribution in [0, 0.1) is 5.92 Å². The second-order valence-corrected chi connectivity index (χ2v) is 6.94. The molecule has 134 valence electrons. The molecule has 0 bridgehead atoms. The monoisotopic (exact) mass is 368 g/mol. The SMILES string of the molecule is CCNc1ccc2nc(Oc3ccc(OCC4CC4)cc3Cl)ccc2c1. The van der Waals surface area contributed by atoms with Crippen LogP contribution in [0.4, 0.5) is 5.69 Å². The van der Waals surface area contributed by atoms with Gasteiger partial charge in [-0.15, -0.1) is 0 Å². The standard InChI is InChI=1S/C21H21ClN2O2/c1-2-23-16-6-8-19-15(11-16)5-10-21(24-19)26-20-9-7-17(12-18(20)22)25-13-14-3-4-14/h5-12,14,23H,2-4,13H2,1H3. The van der Waals surface area contributed by atoms with E-state index in [-0.39, 0.29) is 0 Å². The minimum atomic E-state index is 0.516. The van der Waals surface area contributed by atoms with Gasteiger partial charge in [0.25, 0.3) is 0 Å². The zero-order valence-corrected chi connectivity index (χ0v) is 15.4. The van der Waals surface area contributed by atoms with Crippen molar-refractivity contribution in [2.75, 3.05) is 18.5 Å². The molecule has 1 N–H and O–H groups in total. The molecule has 0 radical (unpaired) electrons. The van der Waals surface area contributed by atoms with E-state index in [1.165, 1.54) is 12.8 Å². The summed E-state index contributed by atoms with van der Waals surface area (Å²) in [6, 6.07) is 15.4. The Kier molecular flexibility index (Phi) is 4.85. The molecule has 26 heavy (non-hydrogen) atoms.